The second-order valence-electron chi connectivity index (χ2n) is 20.3. The molecule has 3 heterocycles. The van der Waals surface area contributed by atoms with Gasteiger partial charge in [0.05, 0.1) is 12.9 Å². The highest BCUT2D eigenvalue weighted by Crippen LogP contribution is 2.49. The van der Waals surface area contributed by atoms with Crippen LogP contribution in [0.25, 0.3) is 11.2 Å². The third-order valence-electron chi connectivity index (χ3n) is 14.1. The molecule has 3 N–H and O–H groups in total. The first-order valence-corrected chi connectivity index (χ1v) is 30.1. The number of aromatic nitrogens is 4. The van der Waals surface area contributed by atoms with Crippen molar-refractivity contribution in [3.8, 4) is 18.1 Å². The molecule has 0 saturated carbocycles. The number of unbranched alkanes of at least 4 members (excludes halogenated alkanes) is 25. The summed E-state index contributed by atoms with van der Waals surface area (Å²) in [5, 5.41) is 2.91. The molecule has 414 valence electrons. The maximum absolute atomic E-state index is 15.2. The zero-order valence-electron chi connectivity index (χ0n) is 45.2. The van der Waals surface area contributed by atoms with Crippen molar-refractivity contribution in [2.75, 3.05) is 18.9 Å². The number of terminal acetylenes is 1. The van der Waals surface area contributed by atoms with Gasteiger partial charge in [-0.1, -0.05) is 229 Å². The van der Waals surface area contributed by atoms with E-state index < -0.39 is 56.3 Å². The zero-order valence-corrected chi connectivity index (χ0v) is 46.1. The number of nitrogen functional groups attached to an aromatic ring is 1. The number of carbonyl (C=O) groups is 2. The largest absolute Gasteiger partial charge is 0.465 e. The Hall–Kier alpha value is -4.87. The molecule has 4 aromatic rings. The van der Waals surface area contributed by atoms with Crippen molar-refractivity contribution in [2.45, 2.75) is 230 Å². The SMILES string of the molecule is C#CC1(COP(=O)(NC(Cc2ccccc2)C(=O)OCCCCCCCCCCCCCCCCCCCCCC)Oc2ccccc2)OC(n2cnc3c(N)nc(F)nc32)CC1OC(=O)CCCCCCCCC. The Balaban J connectivity index is 1.18. The van der Waals surface area contributed by atoms with E-state index >= 15 is 4.57 Å². The first-order chi connectivity index (χ1) is 36.6. The average Bonchev–Trinajstić information content (AvgIpc) is 4.00. The van der Waals surface area contributed by atoms with Gasteiger partial charge >= 0.3 is 25.8 Å². The molecule has 0 radical (unpaired) electrons. The van der Waals surface area contributed by atoms with Crippen LogP contribution < -0.4 is 15.3 Å². The molecule has 0 bridgehead atoms. The fourth-order valence-corrected chi connectivity index (χ4v) is 11.2. The molecule has 0 spiro atoms. The smallest absolute Gasteiger partial charge is 0.459 e. The number of rotatable bonds is 41. The highest BCUT2D eigenvalue weighted by atomic mass is 31.2. The average molecular weight is 1060 g/mol. The van der Waals surface area contributed by atoms with Crippen LogP contribution >= 0.6 is 7.75 Å². The minimum atomic E-state index is -4.58. The van der Waals surface area contributed by atoms with Gasteiger partial charge in [0.15, 0.2) is 22.6 Å². The van der Waals surface area contributed by atoms with Crippen LogP contribution in [-0.4, -0.2) is 62.4 Å². The van der Waals surface area contributed by atoms with E-state index in [4.69, 9.17) is 35.4 Å². The molecule has 1 aliphatic rings. The number of benzene rings is 2. The Bertz CT molecular complexity index is 2320. The summed E-state index contributed by atoms with van der Waals surface area (Å²) in [6.45, 7) is 4.01. The predicted octanol–water partition coefficient (Wildman–Crippen LogP) is 14.7. The molecule has 5 atom stereocenters. The second-order valence-corrected chi connectivity index (χ2v) is 22.0. The van der Waals surface area contributed by atoms with E-state index in [9.17, 15) is 14.0 Å². The van der Waals surface area contributed by atoms with Crippen LogP contribution in [-0.2, 0) is 39.3 Å². The van der Waals surface area contributed by atoms with Gasteiger partial charge in [-0.05, 0) is 37.0 Å². The van der Waals surface area contributed by atoms with Crippen molar-refractivity contribution in [2.24, 2.45) is 0 Å². The number of hydrogen-bond acceptors (Lipinski definition) is 12. The van der Waals surface area contributed by atoms with Crippen LogP contribution in [0, 0.1) is 18.4 Å². The number of fused-ring (bicyclic) bond motifs is 1. The summed E-state index contributed by atoms with van der Waals surface area (Å²) in [4.78, 5) is 39.4. The lowest BCUT2D eigenvalue weighted by Crippen LogP contribution is -2.46. The number of nitrogens with two attached hydrogens (primary N) is 1. The number of anilines is 1. The topological polar surface area (TPSA) is 179 Å². The summed E-state index contributed by atoms with van der Waals surface area (Å²) in [6, 6.07) is 16.5. The minimum Gasteiger partial charge on any atom is -0.465 e. The van der Waals surface area contributed by atoms with Crippen molar-refractivity contribution in [3.05, 3.63) is 78.6 Å². The second kappa shape index (κ2) is 34.7. The lowest BCUT2D eigenvalue weighted by molar-refractivity contribution is -0.158. The molecule has 5 rings (SSSR count). The number of nitrogens with zero attached hydrogens (tertiary/aromatic N) is 4. The number of hydrogen-bond donors (Lipinski definition) is 2. The third-order valence-corrected chi connectivity index (χ3v) is 15.6. The van der Waals surface area contributed by atoms with Gasteiger partial charge in [0.1, 0.15) is 30.7 Å². The summed E-state index contributed by atoms with van der Waals surface area (Å²) in [7, 11) is -4.58. The number of para-hydroxylation sites is 1. The van der Waals surface area contributed by atoms with Gasteiger partial charge in [-0.3, -0.25) is 18.7 Å². The highest BCUT2D eigenvalue weighted by molar-refractivity contribution is 7.52. The van der Waals surface area contributed by atoms with Crippen LogP contribution in [0.5, 0.6) is 5.75 Å². The predicted molar refractivity (Wildman–Crippen MR) is 295 cm³/mol. The quantitative estimate of drug-likeness (QED) is 0.0141. The van der Waals surface area contributed by atoms with Crippen molar-refractivity contribution < 1.29 is 41.8 Å². The number of esters is 2. The monoisotopic (exact) mass is 1060 g/mol. The van der Waals surface area contributed by atoms with Gasteiger partial charge in [-0.15, -0.1) is 6.42 Å². The van der Waals surface area contributed by atoms with E-state index in [1.165, 1.54) is 120 Å². The third kappa shape index (κ3) is 22.0. The van der Waals surface area contributed by atoms with Crippen LogP contribution in [0.15, 0.2) is 67.0 Å². The van der Waals surface area contributed by atoms with Gasteiger partial charge in [0.25, 0.3) is 0 Å². The van der Waals surface area contributed by atoms with Crippen LogP contribution in [0.2, 0.25) is 0 Å². The molecule has 0 amide bonds. The number of halogens is 1. The van der Waals surface area contributed by atoms with Crippen molar-refractivity contribution in [1.82, 2.24) is 24.6 Å². The summed E-state index contributed by atoms with van der Waals surface area (Å²) in [5.41, 5.74) is 5.06. The molecule has 0 aliphatic carbocycles. The van der Waals surface area contributed by atoms with Crippen LogP contribution in [0.1, 0.15) is 212 Å². The fraction of sp³-hybridized carbons (Fsp3) is 0.644. The number of imidazole rings is 1. The van der Waals surface area contributed by atoms with E-state index in [0.717, 1.165) is 56.9 Å². The number of carbonyl (C=O) groups excluding carboxylic acids is 2. The van der Waals surface area contributed by atoms with E-state index in [-0.39, 0.29) is 48.6 Å². The molecule has 1 aliphatic heterocycles. The van der Waals surface area contributed by atoms with E-state index in [0.29, 0.717) is 12.8 Å². The molecular formula is C59H88FN6O8P. The Morgan fingerprint density at radius 2 is 1.31 bits per heavy atom. The zero-order chi connectivity index (χ0) is 53.4. The molecule has 75 heavy (non-hydrogen) atoms. The number of nitrogens with one attached hydrogen (secondary N) is 1. The Morgan fingerprint density at radius 1 is 0.787 bits per heavy atom. The van der Waals surface area contributed by atoms with Crippen molar-refractivity contribution >= 4 is 36.7 Å². The highest BCUT2D eigenvalue weighted by Gasteiger charge is 2.53. The van der Waals surface area contributed by atoms with E-state index in [1.54, 1.807) is 30.3 Å². The van der Waals surface area contributed by atoms with E-state index in [1.807, 2.05) is 30.3 Å². The van der Waals surface area contributed by atoms with Gasteiger partial charge in [0.2, 0.25) is 0 Å². The summed E-state index contributed by atoms with van der Waals surface area (Å²) >= 11 is 0. The Kier molecular flexibility index (Phi) is 28.2. The summed E-state index contributed by atoms with van der Waals surface area (Å²) in [6.07, 6.45) is 37.1. The molecule has 2 aromatic heterocycles. The van der Waals surface area contributed by atoms with Crippen LogP contribution in [0.3, 0.4) is 0 Å². The minimum absolute atomic E-state index is 0.0318. The molecule has 1 fully saturated rings. The molecule has 14 nitrogen and oxygen atoms in total. The van der Waals surface area contributed by atoms with Gasteiger partial charge in [-0.2, -0.15) is 19.4 Å². The fourth-order valence-electron chi connectivity index (χ4n) is 9.66. The first kappa shape index (κ1) is 61.0. The normalized spacial score (nSPS) is 17.6. The molecular weight excluding hydrogens is 971 g/mol. The van der Waals surface area contributed by atoms with Crippen molar-refractivity contribution in [1.29, 1.82) is 0 Å². The lowest BCUT2D eigenvalue weighted by Gasteiger charge is -2.31. The van der Waals surface area contributed by atoms with Gasteiger partial charge < -0.3 is 24.5 Å². The van der Waals surface area contributed by atoms with Crippen LogP contribution in [0.4, 0.5) is 10.2 Å². The maximum Gasteiger partial charge on any atom is 0.459 e. The standard InChI is InChI=1S/C59H88FN6O8P/c1-4-7-9-11-13-14-15-16-17-18-19-20-21-22-23-24-25-27-29-37-43-70-57(68)50(44-48-38-32-30-33-39-48)65-75(69,74-49-40-34-31-35-41-49)71-46-59(6-3)51(72-53(67)42-36-28-26-12-10-8-5-2)45-52(73-59)66-47-62-54-55(61)63-58(60)64-56(54)66/h3,30-35,38-41,47,50-52H,4-5,7-29,36-37,42-46H2,1-2H3,(H,65,69)(H2,61,63,64). The lowest BCUT2D eigenvalue weighted by atomic mass is 9.98. The summed E-state index contributed by atoms with van der Waals surface area (Å²) < 4.78 is 62.1. The van der Waals surface area contributed by atoms with Gasteiger partial charge in [0, 0.05) is 12.8 Å². The Morgan fingerprint density at radius 3 is 1.85 bits per heavy atom. The van der Waals surface area contributed by atoms with Gasteiger partial charge in [-0.25, -0.2) is 9.55 Å². The molecule has 2 aromatic carbocycles. The van der Waals surface area contributed by atoms with E-state index in [2.05, 4.69) is 39.8 Å². The molecule has 5 unspecified atom stereocenters. The molecule has 16 heteroatoms. The number of ether oxygens (including phenoxy) is 3. The maximum atomic E-state index is 15.2. The Labute approximate surface area is 447 Å². The first-order valence-electron chi connectivity index (χ1n) is 28.6. The van der Waals surface area contributed by atoms with Crippen molar-refractivity contribution in [3.63, 3.8) is 0 Å². The molecule has 1 saturated heterocycles. The summed E-state index contributed by atoms with van der Waals surface area (Å²) in [5.74, 6) is 1.52.